The molecule has 0 saturated carbocycles. The summed E-state index contributed by atoms with van der Waals surface area (Å²) >= 11 is 7.08. The van der Waals surface area contributed by atoms with Crippen LogP contribution in [-0.4, -0.2) is 11.5 Å². The van der Waals surface area contributed by atoms with Crippen LogP contribution < -0.4 is 5.32 Å². The Morgan fingerprint density at radius 3 is 2.88 bits per heavy atom. The fraction of sp³-hybridized carbons (Fsp3) is 0.417. The first kappa shape index (κ1) is 13.2. The minimum Gasteiger partial charge on any atom is -0.310 e. The van der Waals surface area contributed by atoms with Crippen LogP contribution in [0.1, 0.15) is 30.5 Å². The van der Waals surface area contributed by atoms with E-state index >= 15 is 0 Å². The number of nitrogens with one attached hydrogen (secondary N) is 1. The molecule has 1 atom stereocenters. The van der Waals surface area contributed by atoms with Gasteiger partial charge in [-0.2, -0.15) is 0 Å². The molecular formula is C12H15BrN2S2. The third-order valence-electron chi connectivity index (χ3n) is 2.55. The highest BCUT2D eigenvalue weighted by molar-refractivity contribution is 9.10. The lowest BCUT2D eigenvalue weighted by Gasteiger charge is -2.09. The van der Waals surface area contributed by atoms with Gasteiger partial charge in [-0.3, -0.25) is 0 Å². The smallest absolute Gasteiger partial charge is 0.135 e. The first-order chi connectivity index (χ1) is 8.13. The van der Waals surface area contributed by atoms with E-state index in [0.717, 1.165) is 21.7 Å². The predicted molar refractivity (Wildman–Crippen MR) is 80.0 cm³/mol. The van der Waals surface area contributed by atoms with E-state index in [4.69, 9.17) is 0 Å². The van der Waals surface area contributed by atoms with Crippen LogP contribution >= 0.6 is 38.6 Å². The van der Waals surface area contributed by atoms with Crippen LogP contribution in [0.3, 0.4) is 0 Å². The Kier molecular flexibility index (Phi) is 4.36. The van der Waals surface area contributed by atoms with E-state index in [9.17, 15) is 0 Å². The molecule has 0 bridgehead atoms. The molecule has 0 aromatic carbocycles. The molecule has 0 aliphatic heterocycles. The summed E-state index contributed by atoms with van der Waals surface area (Å²) in [5.74, 6) is 0. The van der Waals surface area contributed by atoms with E-state index in [-0.39, 0.29) is 0 Å². The Hall–Kier alpha value is -0.230. The number of hydrogen-bond acceptors (Lipinski definition) is 4. The number of thiophene rings is 1. The molecule has 0 spiro atoms. The van der Waals surface area contributed by atoms with Gasteiger partial charge in [0.15, 0.2) is 0 Å². The second kappa shape index (κ2) is 5.61. The molecule has 17 heavy (non-hydrogen) atoms. The summed E-state index contributed by atoms with van der Waals surface area (Å²) in [6, 6.07) is 2.45. The fourth-order valence-corrected chi connectivity index (χ4v) is 4.64. The van der Waals surface area contributed by atoms with Gasteiger partial charge in [-0.1, -0.05) is 6.92 Å². The summed E-state index contributed by atoms with van der Waals surface area (Å²) < 4.78 is 1.14. The molecule has 5 heteroatoms. The Morgan fingerprint density at radius 1 is 1.53 bits per heavy atom. The quantitative estimate of drug-likeness (QED) is 0.885. The van der Waals surface area contributed by atoms with E-state index in [2.05, 4.69) is 58.4 Å². The molecule has 1 N–H and O–H groups in total. The maximum Gasteiger partial charge on any atom is 0.135 e. The van der Waals surface area contributed by atoms with Crippen LogP contribution in [0.2, 0.25) is 0 Å². The molecule has 2 nitrogen and oxygen atoms in total. The minimum absolute atomic E-state index is 0.380. The molecule has 0 amide bonds. The molecule has 0 saturated heterocycles. The Labute approximate surface area is 118 Å². The molecule has 0 aliphatic rings. The fourth-order valence-electron chi connectivity index (χ4n) is 1.75. The highest BCUT2D eigenvalue weighted by atomic mass is 79.9. The Bertz CT molecular complexity index is 504. The lowest BCUT2D eigenvalue weighted by atomic mass is 10.2. The molecule has 2 rings (SSSR count). The van der Waals surface area contributed by atoms with Crippen LogP contribution in [0, 0.1) is 6.92 Å². The zero-order chi connectivity index (χ0) is 12.4. The van der Waals surface area contributed by atoms with Gasteiger partial charge in [0.25, 0.3) is 0 Å². The molecule has 2 aromatic heterocycles. The highest BCUT2D eigenvalue weighted by Gasteiger charge is 2.16. The average Bonchev–Trinajstić information content (AvgIpc) is 2.84. The molecule has 2 aromatic rings. The van der Waals surface area contributed by atoms with Gasteiger partial charge >= 0.3 is 0 Å². The Balaban J connectivity index is 2.34. The average molecular weight is 331 g/mol. The Morgan fingerprint density at radius 2 is 2.29 bits per heavy atom. The first-order valence-corrected chi connectivity index (χ1v) is 8.06. The summed E-state index contributed by atoms with van der Waals surface area (Å²) in [5, 5.41) is 6.64. The number of rotatable bonds is 4. The number of hydrogen-bond donors (Lipinski definition) is 1. The van der Waals surface area contributed by atoms with Crippen LogP contribution in [0.4, 0.5) is 0 Å². The van der Waals surface area contributed by atoms with Crippen molar-refractivity contribution in [2.24, 2.45) is 0 Å². The second-order valence-corrected chi connectivity index (χ2v) is 6.65. The van der Waals surface area contributed by atoms with Crippen molar-refractivity contribution in [1.29, 1.82) is 0 Å². The zero-order valence-corrected chi connectivity index (χ0v) is 13.3. The van der Waals surface area contributed by atoms with Crippen molar-refractivity contribution < 1.29 is 0 Å². The topological polar surface area (TPSA) is 24.9 Å². The number of aromatic nitrogens is 1. The normalized spacial score (nSPS) is 12.9. The van der Waals surface area contributed by atoms with Crippen molar-refractivity contribution >= 4 is 38.6 Å². The van der Waals surface area contributed by atoms with Gasteiger partial charge in [-0.25, -0.2) is 4.98 Å². The summed E-state index contributed by atoms with van der Waals surface area (Å²) in [6.45, 7) is 7.39. The van der Waals surface area contributed by atoms with Gasteiger partial charge in [0.1, 0.15) is 5.01 Å². The van der Waals surface area contributed by atoms with Crippen molar-refractivity contribution in [3.63, 3.8) is 0 Å². The summed E-state index contributed by atoms with van der Waals surface area (Å²) in [4.78, 5) is 7.24. The highest BCUT2D eigenvalue weighted by Crippen LogP contribution is 2.38. The van der Waals surface area contributed by atoms with Gasteiger partial charge < -0.3 is 5.32 Å². The van der Waals surface area contributed by atoms with E-state index < -0.39 is 0 Å². The number of halogens is 1. The van der Waals surface area contributed by atoms with Crippen molar-refractivity contribution in [2.75, 3.05) is 6.54 Å². The van der Waals surface area contributed by atoms with E-state index in [1.54, 1.807) is 22.7 Å². The van der Waals surface area contributed by atoms with Crippen molar-refractivity contribution in [3.8, 4) is 9.88 Å². The van der Waals surface area contributed by atoms with Crippen LogP contribution in [-0.2, 0) is 0 Å². The third kappa shape index (κ3) is 2.78. The van der Waals surface area contributed by atoms with Crippen molar-refractivity contribution in [2.45, 2.75) is 26.8 Å². The SMILES string of the molecule is CCNC(C)c1sc(-c2sccc2Br)nc1C. The van der Waals surface area contributed by atoms with Crippen LogP contribution in [0.25, 0.3) is 9.88 Å². The molecular weight excluding hydrogens is 316 g/mol. The molecule has 0 aliphatic carbocycles. The standard InChI is InChI=1S/C12H15BrN2S2/c1-4-14-7(2)10-8(3)15-12(17-10)11-9(13)5-6-16-11/h5-7,14H,4H2,1-3H3. The molecule has 92 valence electrons. The molecule has 2 heterocycles. The lowest BCUT2D eigenvalue weighted by Crippen LogP contribution is -2.17. The van der Waals surface area contributed by atoms with Crippen LogP contribution in [0.5, 0.6) is 0 Å². The van der Waals surface area contributed by atoms with Gasteiger partial charge in [0, 0.05) is 15.4 Å². The van der Waals surface area contributed by atoms with Crippen LogP contribution in [0.15, 0.2) is 15.9 Å². The summed E-state index contributed by atoms with van der Waals surface area (Å²) in [6.07, 6.45) is 0. The molecule has 1 unspecified atom stereocenters. The van der Waals surface area contributed by atoms with Gasteiger partial charge in [-0.05, 0) is 47.8 Å². The van der Waals surface area contributed by atoms with E-state index in [1.165, 1.54) is 9.75 Å². The lowest BCUT2D eigenvalue weighted by molar-refractivity contribution is 0.603. The number of aryl methyl sites for hydroxylation is 1. The first-order valence-electron chi connectivity index (χ1n) is 5.57. The van der Waals surface area contributed by atoms with E-state index in [0.29, 0.717) is 6.04 Å². The van der Waals surface area contributed by atoms with Crippen molar-refractivity contribution in [1.82, 2.24) is 10.3 Å². The van der Waals surface area contributed by atoms with Crippen molar-refractivity contribution in [3.05, 3.63) is 26.5 Å². The monoisotopic (exact) mass is 330 g/mol. The maximum atomic E-state index is 4.68. The third-order valence-corrected chi connectivity index (χ3v) is 5.88. The molecule has 0 radical (unpaired) electrons. The summed E-state index contributed by atoms with van der Waals surface area (Å²) in [7, 11) is 0. The van der Waals surface area contributed by atoms with E-state index in [1.807, 2.05) is 0 Å². The van der Waals surface area contributed by atoms with Gasteiger partial charge in [0.2, 0.25) is 0 Å². The van der Waals surface area contributed by atoms with Gasteiger partial charge in [-0.15, -0.1) is 22.7 Å². The second-order valence-electron chi connectivity index (χ2n) is 3.85. The number of thiazole rings is 1. The zero-order valence-electron chi connectivity index (χ0n) is 10.1. The maximum absolute atomic E-state index is 4.68. The largest absolute Gasteiger partial charge is 0.310 e. The predicted octanol–water partition coefficient (Wildman–Crippen LogP) is 4.61. The minimum atomic E-state index is 0.380. The summed E-state index contributed by atoms with van der Waals surface area (Å²) in [5.41, 5.74) is 1.14. The number of nitrogens with zero attached hydrogens (tertiary/aromatic N) is 1. The van der Waals surface area contributed by atoms with Gasteiger partial charge in [0.05, 0.1) is 10.6 Å². The molecule has 0 fully saturated rings.